The van der Waals surface area contributed by atoms with E-state index in [0.29, 0.717) is 5.92 Å². The molecule has 0 spiro atoms. The number of hydrogen-bond acceptors (Lipinski definition) is 2. The van der Waals surface area contributed by atoms with E-state index in [2.05, 4.69) is 48.2 Å². The molecule has 21 heavy (non-hydrogen) atoms. The van der Waals surface area contributed by atoms with Gasteiger partial charge >= 0.3 is 0 Å². The lowest BCUT2D eigenvalue weighted by Crippen LogP contribution is -2.30. The summed E-state index contributed by atoms with van der Waals surface area (Å²) < 4.78 is 0. The molecule has 1 unspecified atom stereocenters. The SMILES string of the molecule is CC[C@@H](O)c1ccc(N2CC(C)Cc3ccccc32)cc1. The molecule has 2 heteroatoms. The largest absolute Gasteiger partial charge is 0.388 e. The predicted octanol–water partition coefficient (Wildman–Crippen LogP) is 4.46. The molecule has 0 aromatic heterocycles. The van der Waals surface area contributed by atoms with Crippen LogP contribution in [0.25, 0.3) is 0 Å². The molecular weight excluding hydrogens is 258 g/mol. The molecule has 1 N–H and O–H groups in total. The first-order valence-electron chi connectivity index (χ1n) is 7.82. The van der Waals surface area contributed by atoms with E-state index in [1.165, 1.54) is 16.9 Å². The molecule has 110 valence electrons. The smallest absolute Gasteiger partial charge is 0.0787 e. The highest BCUT2D eigenvalue weighted by molar-refractivity contribution is 5.68. The normalized spacial score (nSPS) is 19.2. The van der Waals surface area contributed by atoms with Crippen LogP contribution in [0.4, 0.5) is 11.4 Å². The van der Waals surface area contributed by atoms with Gasteiger partial charge in [0.2, 0.25) is 0 Å². The van der Waals surface area contributed by atoms with Gasteiger partial charge < -0.3 is 10.0 Å². The number of aliphatic hydroxyl groups is 1. The van der Waals surface area contributed by atoms with Crippen LogP contribution in [0.3, 0.4) is 0 Å². The van der Waals surface area contributed by atoms with E-state index < -0.39 is 0 Å². The summed E-state index contributed by atoms with van der Waals surface area (Å²) in [4.78, 5) is 2.39. The Hall–Kier alpha value is -1.80. The number of nitrogens with zero attached hydrogens (tertiary/aromatic N) is 1. The third kappa shape index (κ3) is 2.81. The minimum absolute atomic E-state index is 0.355. The van der Waals surface area contributed by atoms with Crippen LogP contribution in [0.5, 0.6) is 0 Å². The molecule has 2 aromatic rings. The van der Waals surface area contributed by atoms with E-state index >= 15 is 0 Å². The van der Waals surface area contributed by atoms with Crippen molar-refractivity contribution in [2.45, 2.75) is 32.8 Å². The Labute approximate surface area is 127 Å². The van der Waals surface area contributed by atoms with Gasteiger partial charge in [-0.25, -0.2) is 0 Å². The number of aliphatic hydroxyl groups excluding tert-OH is 1. The molecule has 1 heterocycles. The first kappa shape index (κ1) is 14.2. The van der Waals surface area contributed by atoms with Gasteiger partial charge in [0.15, 0.2) is 0 Å². The molecular formula is C19H23NO. The maximum absolute atomic E-state index is 9.92. The molecule has 1 aliphatic heterocycles. The topological polar surface area (TPSA) is 23.5 Å². The van der Waals surface area contributed by atoms with Crippen molar-refractivity contribution in [3.63, 3.8) is 0 Å². The summed E-state index contributed by atoms with van der Waals surface area (Å²) in [6.45, 7) is 5.35. The van der Waals surface area contributed by atoms with Gasteiger partial charge in [-0.2, -0.15) is 0 Å². The second-order valence-corrected chi connectivity index (χ2v) is 6.06. The number of benzene rings is 2. The lowest BCUT2D eigenvalue weighted by Gasteiger charge is -2.35. The second-order valence-electron chi connectivity index (χ2n) is 6.06. The summed E-state index contributed by atoms with van der Waals surface area (Å²) in [5, 5.41) is 9.92. The van der Waals surface area contributed by atoms with E-state index in [9.17, 15) is 5.11 Å². The summed E-state index contributed by atoms with van der Waals surface area (Å²) in [6.07, 6.45) is 1.55. The molecule has 0 fully saturated rings. The minimum atomic E-state index is -0.355. The lowest BCUT2D eigenvalue weighted by molar-refractivity contribution is 0.173. The van der Waals surface area contributed by atoms with Crippen molar-refractivity contribution in [2.75, 3.05) is 11.4 Å². The van der Waals surface area contributed by atoms with Crippen LogP contribution in [0, 0.1) is 5.92 Å². The molecule has 3 rings (SSSR count). The zero-order valence-electron chi connectivity index (χ0n) is 12.8. The Morgan fingerprint density at radius 3 is 2.57 bits per heavy atom. The molecule has 0 saturated heterocycles. The molecule has 0 radical (unpaired) electrons. The van der Waals surface area contributed by atoms with Gasteiger partial charge in [0.05, 0.1) is 6.10 Å². The third-order valence-electron chi connectivity index (χ3n) is 4.32. The Morgan fingerprint density at radius 2 is 1.86 bits per heavy atom. The molecule has 0 amide bonds. The van der Waals surface area contributed by atoms with Crippen LogP contribution < -0.4 is 4.90 Å². The molecule has 0 saturated carbocycles. The van der Waals surface area contributed by atoms with Crippen molar-refractivity contribution >= 4 is 11.4 Å². The molecule has 0 bridgehead atoms. The maximum atomic E-state index is 9.92. The molecule has 2 atom stereocenters. The first-order valence-corrected chi connectivity index (χ1v) is 7.82. The van der Waals surface area contributed by atoms with Crippen LogP contribution in [-0.4, -0.2) is 11.7 Å². The van der Waals surface area contributed by atoms with E-state index in [1.807, 2.05) is 19.1 Å². The zero-order chi connectivity index (χ0) is 14.8. The Morgan fingerprint density at radius 1 is 1.14 bits per heavy atom. The molecule has 2 aromatic carbocycles. The predicted molar refractivity (Wildman–Crippen MR) is 88.0 cm³/mol. The van der Waals surface area contributed by atoms with E-state index in [-0.39, 0.29) is 6.10 Å². The number of rotatable bonds is 3. The van der Waals surface area contributed by atoms with Crippen molar-refractivity contribution in [2.24, 2.45) is 5.92 Å². The van der Waals surface area contributed by atoms with Crippen LogP contribution in [-0.2, 0) is 6.42 Å². The van der Waals surface area contributed by atoms with Crippen LogP contribution in [0.2, 0.25) is 0 Å². The zero-order valence-corrected chi connectivity index (χ0v) is 12.8. The van der Waals surface area contributed by atoms with E-state index in [1.54, 1.807) is 0 Å². The minimum Gasteiger partial charge on any atom is -0.388 e. The Balaban J connectivity index is 1.93. The summed E-state index contributed by atoms with van der Waals surface area (Å²) in [5.74, 6) is 0.654. The summed E-state index contributed by atoms with van der Waals surface area (Å²) in [5.41, 5.74) is 4.95. The van der Waals surface area contributed by atoms with Gasteiger partial charge in [-0.05, 0) is 48.1 Å². The van der Waals surface area contributed by atoms with Crippen LogP contribution >= 0.6 is 0 Å². The number of hydrogen-bond donors (Lipinski definition) is 1. The Bertz CT molecular complexity index is 605. The third-order valence-corrected chi connectivity index (χ3v) is 4.32. The van der Waals surface area contributed by atoms with Crippen molar-refractivity contribution in [3.05, 3.63) is 59.7 Å². The summed E-state index contributed by atoms with van der Waals surface area (Å²) in [6, 6.07) is 17.0. The Kier molecular flexibility index (Phi) is 3.98. The highest BCUT2D eigenvalue weighted by Crippen LogP contribution is 2.35. The maximum Gasteiger partial charge on any atom is 0.0787 e. The number of anilines is 2. The summed E-state index contributed by atoms with van der Waals surface area (Å²) in [7, 11) is 0. The highest BCUT2D eigenvalue weighted by atomic mass is 16.3. The van der Waals surface area contributed by atoms with E-state index in [4.69, 9.17) is 0 Å². The molecule has 2 nitrogen and oxygen atoms in total. The fourth-order valence-electron chi connectivity index (χ4n) is 3.15. The van der Waals surface area contributed by atoms with Gasteiger partial charge in [0.1, 0.15) is 0 Å². The van der Waals surface area contributed by atoms with Crippen molar-refractivity contribution in [1.82, 2.24) is 0 Å². The monoisotopic (exact) mass is 281 g/mol. The van der Waals surface area contributed by atoms with E-state index in [0.717, 1.165) is 24.9 Å². The van der Waals surface area contributed by atoms with Crippen LogP contribution in [0.1, 0.15) is 37.5 Å². The van der Waals surface area contributed by atoms with Gasteiger partial charge in [-0.3, -0.25) is 0 Å². The quantitative estimate of drug-likeness (QED) is 0.898. The summed E-state index contributed by atoms with van der Waals surface area (Å²) >= 11 is 0. The fourth-order valence-corrected chi connectivity index (χ4v) is 3.15. The van der Waals surface area contributed by atoms with Crippen molar-refractivity contribution < 1.29 is 5.11 Å². The number of para-hydroxylation sites is 1. The average Bonchev–Trinajstić information content (AvgIpc) is 2.53. The van der Waals surface area contributed by atoms with Gasteiger partial charge in [-0.15, -0.1) is 0 Å². The second kappa shape index (κ2) is 5.90. The molecule has 0 aliphatic carbocycles. The number of fused-ring (bicyclic) bond motifs is 1. The lowest BCUT2D eigenvalue weighted by atomic mass is 9.93. The van der Waals surface area contributed by atoms with Crippen molar-refractivity contribution in [1.29, 1.82) is 0 Å². The van der Waals surface area contributed by atoms with Gasteiger partial charge in [0.25, 0.3) is 0 Å². The van der Waals surface area contributed by atoms with Gasteiger partial charge in [-0.1, -0.05) is 44.2 Å². The van der Waals surface area contributed by atoms with Crippen LogP contribution in [0.15, 0.2) is 48.5 Å². The molecule has 1 aliphatic rings. The fraction of sp³-hybridized carbons (Fsp3) is 0.368. The van der Waals surface area contributed by atoms with Gasteiger partial charge in [0, 0.05) is 17.9 Å². The van der Waals surface area contributed by atoms with Crippen molar-refractivity contribution in [3.8, 4) is 0 Å². The average molecular weight is 281 g/mol. The standard InChI is InChI=1S/C19H23NO/c1-3-19(21)15-8-10-17(11-9-15)20-13-14(2)12-16-6-4-5-7-18(16)20/h4-11,14,19,21H,3,12-13H2,1-2H3/t14?,19-/m1/s1. The first-order chi connectivity index (χ1) is 10.2. The highest BCUT2D eigenvalue weighted by Gasteiger charge is 2.22.